The van der Waals surface area contributed by atoms with Gasteiger partial charge < -0.3 is 0 Å². The molecule has 0 spiro atoms. The summed E-state index contributed by atoms with van der Waals surface area (Å²) in [5.74, 6) is 1.28. The number of rotatable bonds is 9. The molecule has 0 aliphatic heterocycles. The second kappa shape index (κ2) is 18.4. The Hall–Kier alpha value is -0.940. The van der Waals surface area contributed by atoms with Crippen molar-refractivity contribution in [1.82, 2.24) is 0 Å². The van der Waals surface area contributed by atoms with E-state index in [0.29, 0.717) is 11.8 Å². The summed E-state index contributed by atoms with van der Waals surface area (Å²) < 4.78 is 0. The molecular weight excluding hydrogens is 304 g/mol. The fourth-order valence-corrected chi connectivity index (χ4v) is 2.09. The van der Waals surface area contributed by atoms with E-state index in [1.165, 1.54) is 11.1 Å². The lowest BCUT2D eigenvalue weighted by Crippen LogP contribution is -1.97. The Morgan fingerprint density at radius 3 is 1.33 bits per heavy atom. The van der Waals surface area contributed by atoms with Gasteiger partial charge >= 0.3 is 0 Å². The SMILES string of the molecule is CC(C)c1ccccc1C(C)C.CCCCOOCCCC.OO. The largest absolute Gasteiger partial charge is 0.255 e. The van der Waals surface area contributed by atoms with Crippen LogP contribution in [0, 0.1) is 0 Å². The zero-order valence-corrected chi connectivity index (χ0v) is 16.4. The lowest BCUT2D eigenvalue weighted by Gasteiger charge is -2.14. The zero-order valence-electron chi connectivity index (χ0n) is 16.4. The monoisotopic (exact) mass is 342 g/mol. The maximum Gasteiger partial charge on any atom is 0.0822 e. The van der Waals surface area contributed by atoms with Crippen molar-refractivity contribution in [3.8, 4) is 0 Å². The predicted molar refractivity (Wildman–Crippen MR) is 102 cm³/mol. The number of hydrogen-bond donors (Lipinski definition) is 2. The first-order chi connectivity index (χ1) is 11.5. The zero-order chi connectivity index (χ0) is 18.8. The van der Waals surface area contributed by atoms with Crippen LogP contribution in [-0.2, 0) is 9.78 Å². The van der Waals surface area contributed by atoms with Crippen molar-refractivity contribution in [3.05, 3.63) is 35.4 Å². The smallest absolute Gasteiger partial charge is 0.0822 e. The van der Waals surface area contributed by atoms with Crippen molar-refractivity contribution in [1.29, 1.82) is 0 Å². The van der Waals surface area contributed by atoms with Gasteiger partial charge in [0, 0.05) is 0 Å². The van der Waals surface area contributed by atoms with Gasteiger partial charge in [0.2, 0.25) is 0 Å². The molecule has 0 aliphatic rings. The molecule has 0 saturated carbocycles. The van der Waals surface area contributed by atoms with Crippen molar-refractivity contribution in [2.75, 3.05) is 13.2 Å². The first kappa shape index (κ1) is 25.3. The average molecular weight is 343 g/mol. The van der Waals surface area contributed by atoms with E-state index in [1.54, 1.807) is 0 Å². The predicted octanol–water partition coefficient (Wildman–Crippen LogP) is 6.49. The molecule has 0 saturated heterocycles. The second-order valence-electron chi connectivity index (χ2n) is 6.29. The van der Waals surface area contributed by atoms with Crippen molar-refractivity contribution in [2.45, 2.75) is 79.1 Å². The molecule has 1 rings (SSSR count). The summed E-state index contributed by atoms with van der Waals surface area (Å²) in [4.78, 5) is 9.75. The molecule has 0 radical (unpaired) electrons. The highest BCUT2D eigenvalue weighted by molar-refractivity contribution is 5.31. The van der Waals surface area contributed by atoms with Gasteiger partial charge in [-0.25, -0.2) is 9.78 Å². The van der Waals surface area contributed by atoms with Gasteiger partial charge in [-0.15, -0.1) is 0 Å². The molecule has 4 heteroatoms. The molecule has 0 aliphatic carbocycles. The molecule has 4 nitrogen and oxygen atoms in total. The van der Waals surface area contributed by atoms with E-state index in [0.717, 1.165) is 38.9 Å². The molecule has 0 bridgehead atoms. The summed E-state index contributed by atoms with van der Waals surface area (Å²) in [6.45, 7) is 14.7. The summed E-state index contributed by atoms with van der Waals surface area (Å²) in [7, 11) is 0. The Labute approximate surface area is 148 Å². The molecular formula is C20H38O4. The Morgan fingerprint density at radius 1 is 0.750 bits per heavy atom. The van der Waals surface area contributed by atoms with Crippen molar-refractivity contribution >= 4 is 0 Å². The highest BCUT2D eigenvalue weighted by atomic mass is 17.2. The molecule has 0 amide bonds. The van der Waals surface area contributed by atoms with Crippen LogP contribution in [0.15, 0.2) is 24.3 Å². The maximum atomic E-state index is 6.00. The van der Waals surface area contributed by atoms with Crippen LogP contribution in [0.25, 0.3) is 0 Å². The molecule has 1 aromatic carbocycles. The molecule has 1 aromatic rings. The van der Waals surface area contributed by atoms with E-state index in [9.17, 15) is 0 Å². The second-order valence-corrected chi connectivity index (χ2v) is 6.29. The Morgan fingerprint density at radius 2 is 1.08 bits per heavy atom. The van der Waals surface area contributed by atoms with Crippen LogP contribution in [0.2, 0.25) is 0 Å². The summed E-state index contributed by atoms with van der Waals surface area (Å²) in [6.07, 6.45) is 4.51. The minimum absolute atomic E-state index is 0.642. The average Bonchev–Trinajstić information content (AvgIpc) is 2.60. The summed E-state index contributed by atoms with van der Waals surface area (Å²) in [6, 6.07) is 8.72. The fourth-order valence-electron chi connectivity index (χ4n) is 2.09. The van der Waals surface area contributed by atoms with Crippen molar-refractivity contribution < 1.29 is 20.3 Å². The molecule has 142 valence electrons. The number of benzene rings is 1. The van der Waals surface area contributed by atoms with Gasteiger partial charge in [0.25, 0.3) is 0 Å². The minimum Gasteiger partial charge on any atom is -0.255 e. The third kappa shape index (κ3) is 13.5. The van der Waals surface area contributed by atoms with Gasteiger partial charge in [0.1, 0.15) is 0 Å². The molecule has 2 N–H and O–H groups in total. The maximum absolute atomic E-state index is 6.00. The first-order valence-electron chi connectivity index (χ1n) is 9.07. The number of hydrogen-bond acceptors (Lipinski definition) is 4. The van der Waals surface area contributed by atoms with Crippen LogP contribution in [0.5, 0.6) is 0 Å². The topological polar surface area (TPSA) is 58.9 Å². The molecule has 0 atom stereocenters. The Bertz CT molecular complexity index is 329. The van der Waals surface area contributed by atoms with Gasteiger partial charge in [0.15, 0.2) is 0 Å². The van der Waals surface area contributed by atoms with E-state index in [-0.39, 0.29) is 0 Å². The minimum atomic E-state index is 0.642. The van der Waals surface area contributed by atoms with Gasteiger partial charge in [-0.3, -0.25) is 10.5 Å². The fraction of sp³-hybridized carbons (Fsp3) is 0.700. The van der Waals surface area contributed by atoms with Gasteiger partial charge in [0.05, 0.1) is 13.2 Å². The van der Waals surface area contributed by atoms with E-state index < -0.39 is 0 Å². The van der Waals surface area contributed by atoms with Crippen LogP contribution in [-0.4, -0.2) is 23.7 Å². The highest BCUT2D eigenvalue weighted by Gasteiger charge is 2.07. The summed E-state index contributed by atoms with van der Waals surface area (Å²) in [5, 5.41) is 12.0. The van der Waals surface area contributed by atoms with Gasteiger partial charge in [-0.1, -0.05) is 78.6 Å². The first-order valence-corrected chi connectivity index (χ1v) is 9.07. The third-order valence-corrected chi connectivity index (χ3v) is 3.49. The normalized spacial score (nSPS) is 10.1. The summed E-state index contributed by atoms with van der Waals surface area (Å²) in [5.41, 5.74) is 2.99. The number of unbranched alkanes of at least 4 members (excludes halogenated alkanes) is 2. The van der Waals surface area contributed by atoms with Crippen LogP contribution in [0.3, 0.4) is 0 Å². The van der Waals surface area contributed by atoms with E-state index in [4.69, 9.17) is 20.3 Å². The van der Waals surface area contributed by atoms with Gasteiger partial charge in [-0.2, -0.15) is 0 Å². The van der Waals surface area contributed by atoms with Crippen LogP contribution in [0.4, 0.5) is 0 Å². The molecule has 24 heavy (non-hydrogen) atoms. The van der Waals surface area contributed by atoms with Crippen molar-refractivity contribution in [3.63, 3.8) is 0 Å². The van der Waals surface area contributed by atoms with E-state index in [1.807, 2.05) is 0 Å². The van der Waals surface area contributed by atoms with Gasteiger partial charge in [-0.05, 0) is 35.8 Å². The Kier molecular flexibility index (Phi) is 19.4. The van der Waals surface area contributed by atoms with Crippen LogP contribution in [0.1, 0.15) is 90.2 Å². The van der Waals surface area contributed by atoms with E-state index >= 15 is 0 Å². The van der Waals surface area contributed by atoms with Crippen LogP contribution >= 0.6 is 0 Å². The lowest BCUT2D eigenvalue weighted by molar-refractivity contribution is -0.295. The van der Waals surface area contributed by atoms with Crippen LogP contribution < -0.4 is 0 Å². The summed E-state index contributed by atoms with van der Waals surface area (Å²) >= 11 is 0. The molecule has 0 heterocycles. The Balaban J connectivity index is 0. The van der Waals surface area contributed by atoms with E-state index in [2.05, 4.69) is 65.8 Å². The molecule has 0 fully saturated rings. The lowest BCUT2D eigenvalue weighted by atomic mass is 9.91. The highest BCUT2D eigenvalue weighted by Crippen LogP contribution is 2.25. The standard InChI is InChI=1S/C12H18.C8H18O2.H2O2/c1-9(2)11-7-5-6-8-12(11)10(3)4;1-3-5-7-9-10-8-6-4-2;1-2/h5-10H,1-4H3;3-8H2,1-2H3;1-2H. The molecule has 0 unspecified atom stereocenters. The molecule has 0 aromatic heterocycles. The third-order valence-electron chi connectivity index (χ3n) is 3.49. The quantitative estimate of drug-likeness (QED) is 0.306. The van der Waals surface area contributed by atoms with Crippen molar-refractivity contribution in [2.24, 2.45) is 0 Å².